The molecule has 0 amide bonds. The molecular formula is C50H50ClF3N4O9S2. The van der Waals surface area contributed by atoms with E-state index in [-0.39, 0.29) is 21.9 Å². The third-order valence-electron chi connectivity index (χ3n) is 12.3. The lowest BCUT2D eigenvalue weighted by molar-refractivity contribution is -0.274. The van der Waals surface area contributed by atoms with Gasteiger partial charge in [-0.25, -0.2) is 21.6 Å². The highest BCUT2D eigenvalue weighted by atomic mass is 35.7. The highest BCUT2D eigenvalue weighted by Crippen LogP contribution is 2.50. The normalized spacial score (nSPS) is 21.7. The lowest BCUT2D eigenvalue weighted by Crippen LogP contribution is -2.56. The number of fused-ring (bicyclic) bond motifs is 4. The SMILES string of the molecule is Cc1ccc(S(=O)(=O)Cl)cc1.N[C@H]1CCC[C@@H](N2c3ccccc3Oc3ccccc32)[C@@H]1O.O=S(=O)(N[C@H]1CCC[C@@H](N2c3ccccc3Oc3ccccc32)[C@@H]1O)c1ccc(OC(F)(F)F)cc1. The van der Waals surface area contributed by atoms with Crippen molar-refractivity contribution in [2.45, 2.75) is 98.0 Å². The third-order valence-corrected chi connectivity index (χ3v) is 15.1. The van der Waals surface area contributed by atoms with Gasteiger partial charge in [0.05, 0.1) is 62.9 Å². The molecule has 6 aromatic rings. The zero-order valence-corrected chi connectivity index (χ0v) is 39.5. The molecule has 0 radical (unpaired) electrons. The quantitative estimate of drug-likeness (QED) is 0.111. The van der Waals surface area contributed by atoms with Crippen LogP contribution in [0.2, 0.25) is 0 Å². The fourth-order valence-corrected chi connectivity index (χ4v) is 11.1. The number of aliphatic hydroxyl groups is 2. The standard InChI is InChI=1S/C25H23F3N2O5S.C18H20N2O2.C7H7ClO2S/c26-25(27,28)35-16-12-14-17(15-13-16)36(32,33)29-18-6-5-9-21(24(18)31)30-19-7-1-3-10-22(19)34-23-11-4-2-8-20(23)30;19-12-6-5-9-15(18(12)21)20-13-7-1-3-10-16(13)22-17-11-4-2-8-14(17)20;1-6-2-4-7(5-3-6)11(8,9)10/h1-4,7-8,10-15,18,21,24,29,31H,5-6,9H2;1-4,7-8,10-12,15,18,21H,5-6,9,19H2;2-5H,1H3/t18-,21+,24+;12-,15+,18+;/m00./s1. The van der Waals surface area contributed by atoms with Gasteiger partial charge in [-0.2, -0.15) is 0 Å². The summed E-state index contributed by atoms with van der Waals surface area (Å²) in [4.78, 5) is 4.11. The molecule has 10 rings (SSSR count). The van der Waals surface area contributed by atoms with Gasteiger partial charge in [-0.05, 0) is 130 Å². The van der Waals surface area contributed by atoms with Crippen LogP contribution in [-0.4, -0.2) is 69.8 Å². The molecule has 0 bridgehead atoms. The highest BCUT2D eigenvalue weighted by Gasteiger charge is 2.42. The first-order valence-corrected chi connectivity index (χ1v) is 26.0. The van der Waals surface area contributed by atoms with E-state index in [1.54, 1.807) is 12.1 Å². The Morgan fingerprint density at radius 3 is 1.45 bits per heavy atom. The van der Waals surface area contributed by atoms with Crippen molar-refractivity contribution in [3.63, 3.8) is 0 Å². The van der Waals surface area contributed by atoms with Crippen molar-refractivity contribution >= 4 is 52.5 Å². The number of halogens is 4. The Hall–Kier alpha value is -5.86. The van der Waals surface area contributed by atoms with Gasteiger partial charge in [0.1, 0.15) is 5.75 Å². The van der Waals surface area contributed by atoms with Gasteiger partial charge in [-0.3, -0.25) is 0 Å². The minimum atomic E-state index is -4.88. The number of benzene rings is 6. The molecule has 0 saturated heterocycles. The van der Waals surface area contributed by atoms with Crippen LogP contribution in [0, 0.1) is 6.92 Å². The first-order chi connectivity index (χ1) is 32.9. The molecule has 6 atom stereocenters. The van der Waals surface area contributed by atoms with Gasteiger partial charge in [0.2, 0.25) is 10.0 Å². The van der Waals surface area contributed by atoms with Gasteiger partial charge >= 0.3 is 6.36 Å². The molecule has 2 heterocycles. The van der Waals surface area contributed by atoms with Gasteiger partial charge in [-0.15, -0.1) is 13.2 Å². The van der Waals surface area contributed by atoms with E-state index in [9.17, 15) is 40.2 Å². The molecule has 69 heavy (non-hydrogen) atoms. The molecule has 5 N–H and O–H groups in total. The van der Waals surface area contributed by atoms with Crippen molar-refractivity contribution in [2.75, 3.05) is 9.80 Å². The van der Waals surface area contributed by atoms with Crippen LogP contribution in [0.4, 0.5) is 35.9 Å². The molecule has 2 aliphatic carbocycles. The van der Waals surface area contributed by atoms with Crippen LogP contribution in [0.1, 0.15) is 44.1 Å². The number of sulfonamides is 1. The minimum Gasteiger partial charge on any atom is -0.453 e. The van der Waals surface area contributed by atoms with Crippen molar-refractivity contribution < 1.29 is 54.4 Å². The summed E-state index contributed by atoms with van der Waals surface area (Å²) in [7, 11) is -2.58. The third kappa shape index (κ3) is 11.4. The van der Waals surface area contributed by atoms with Crippen LogP contribution >= 0.6 is 10.7 Å². The Labute approximate surface area is 403 Å². The molecule has 364 valence electrons. The van der Waals surface area contributed by atoms with Crippen molar-refractivity contribution in [3.8, 4) is 28.7 Å². The maximum atomic E-state index is 13.0. The summed E-state index contributed by atoms with van der Waals surface area (Å²) in [6.45, 7) is 1.88. The number of para-hydroxylation sites is 8. The number of aryl methyl sites for hydroxylation is 1. The van der Waals surface area contributed by atoms with Crippen molar-refractivity contribution in [3.05, 3.63) is 151 Å². The lowest BCUT2D eigenvalue weighted by atomic mass is 9.86. The number of hydrogen-bond acceptors (Lipinski definition) is 12. The van der Waals surface area contributed by atoms with E-state index in [0.717, 1.165) is 83.3 Å². The monoisotopic (exact) mass is 1010 g/mol. The summed E-state index contributed by atoms with van der Waals surface area (Å²) >= 11 is 0. The molecule has 2 saturated carbocycles. The maximum absolute atomic E-state index is 13.0. The fraction of sp³-hybridized carbons (Fsp3) is 0.280. The number of ether oxygens (including phenoxy) is 3. The number of alkyl halides is 3. The minimum absolute atomic E-state index is 0.0186. The predicted octanol–water partition coefficient (Wildman–Crippen LogP) is 10.2. The van der Waals surface area contributed by atoms with Crippen LogP contribution in [0.15, 0.2) is 155 Å². The van der Waals surface area contributed by atoms with Crippen LogP contribution < -0.4 is 34.5 Å². The van der Waals surface area contributed by atoms with Crippen LogP contribution in [0.25, 0.3) is 0 Å². The Morgan fingerprint density at radius 2 is 1.01 bits per heavy atom. The van der Waals surface area contributed by atoms with E-state index in [1.165, 1.54) is 12.1 Å². The molecule has 19 heteroatoms. The van der Waals surface area contributed by atoms with E-state index in [1.807, 2.05) is 109 Å². The zero-order valence-electron chi connectivity index (χ0n) is 37.1. The summed E-state index contributed by atoms with van der Waals surface area (Å²) < 4.78 is 103. The number of hydrogen-bond donors (Lipinski definition) is 4. The summed E-state index contributed by atoms with van der Waals surface area (Å²) in [6, 6.07) is 39.7. The molecule has 4 aliphatic rings. The fourth-order valence-electron chi connectivity index (χ4n) is 9.01. The van der Waals surface area contributed by atoms with Gasteiger partial charge in [0.15, 0.2) is 23.0 Å². The van der Waals surface area contributed by atoms with E-state index in [4.69, 9.17) is 25.9 Å². The first kappa shape index (κ1) is 49.6. The number of rotatable bonds is 7. The van der Waals surface area contributed by atoms with Crippen LogP contribution in [0.3, 0.4) is 0 Å². The van der Waals surface area contributed by atoms with Crippen LogP contribution in [-0.2, 0) is 19.1 Å². The predicted molar refractivity (Wildman–Crippen MR) is 257 cm³/mol. The number of nitrogens with zero attached hydrogens (tertiary/aromatic N) is 2. The van der Waals surface area contributed by atoms with E-state index in [2.05, 4.69) is 14.4 Å². The van der Waals surface area contributed by atoms with Gasteiger partial charge in [0.25, 0.3) is 9.05 Å². The number of nitrogens with two attached hydrogens (primary N) is 1. The average Bonchev–Trinajstić information content (AvgIpc) is 3.32. The topological polar surface area (TPSA) is 181 Å². The Bertz CT molecular complexity index is 2880. The molecule has 2 aliphatic heterocycles. The van der Waals surface area contributed by atoms with Crippen LogP contribution in [0.5, 0.6) is 28.7 Å². The second kappa shape index (κ2) is 20.6. The summed E-state index contributed by atoms with van der Waals surface area (Å²) in [5.74, 6) is 2.39. The summed E-state index contributed by atoms with van der Waals surface area (Å²) in [5, 5.41) is 22.0. The zero-order chi connectivity index (χ0) is 49.1. The summed E-state index contributed by atoms with van der Waals surface area (Å²) in [5.41, 5.74) is 10.6. The maximum Gasteiger partial charge on any atom is 0.573 e. The molecule has 0 unspecified atom stereocenters. The largest absolute Gasteiger partial charge is 0.573 e. The van der Waals surface area contributed by atoms with Crippen molar-refractivity contribution in [1.29, 1.82) is 0 Å². The number of anilines is 4. The Balaban J connectivity index is 0.000000163. The van der Waals surface area contributed by atoms with E-state index >= 15 is 0 Å². The molecule has 0 spiro atoms. The molecule has 6 aromatic carbocycles. The van der Waals surface area contributed by atoms with E-state index in [0.29, 0.717) is 30.8 Å². The summed E-state index contributed by atoms with van der Waals surface area (Å²) in [6.07, 6.45) is -1.97. The van der Waals surface area contributed by atoms with Crippen molar-refractivity contribution in [2.24, 2.45) is 5.73 Å². The number of aliphatic hydroxyl groups excluding tert-OH is 2. The smallest absolute Gasteiger partial charge is 0.453 e. The van der Waals surface area contributed by atoms with Gasteiger partial charge in [0, 0.05) is 16.7 Å². The first-order valence-electron chi connectivity index (χ1n) is 22.2. The molecule has 0 aromatic heterocycles. The second-order valence-corrected chi connectivity index (χ2v) is 21.2. The second-order valence-electron chi connectivity index (χ2n) is 17.0. The Morgan fingerprint density at radius 1 is 0.609 bits per heavy atom. The number of nitrogens with one attached hydrogen (secondary N) is 1. The lowest BCUT2D eigenvalue weighted by Gasteiger charge is -2.44. The van der Waals surface area contributed by atoms with Crippen molar-refractivity contribution in [1.82, 2.24) is 4.72 Å². The Kier molecular flexibility index (Phi) is 14.8. The molecule has 13 nitrogen and oxygen atoms in total. The van der Waals surface area contributed by atoms with Gasteiger partial charge < -0.3 is 40.0 Å². The van der Waals surface area contributed by atoms with Gasteiger partial charge in [-0.1, -0.05) is 66.2 Å². The van der Waals surface area contributed by atoms with E-state index < -0.39 is 55.5 Å². The average molecular weight is 1010 g/mol. The molecular weight excluding hydrogens is 957 g/mol. The highest BCUT2D eigenvalue weighted by molar-refractivity contribution is 8.13. The molecule has 2 fully saturated rings.